The van der Waals surface area contributed by atoms with Crippen molar-refractivity contribution in [2.24, 2.45) is 23.5 Å². The van der Waals surface area contributed by atoms with Gasteiger partial charge in [0.1, 0.15) is 29.5 Å². The number of hydrogen-bond acceptors (Lipinski definition) is 18. The van der Waals surface area contributed by atoms with Crippen molar-refractivity contribution in [2.75, 3.05) is 63.9 Å². The Morgan fingerprint density at radius 2 is 1.68 bits per heavy atom. The van der Waals surface area contributed by atoms with E-state index in [1.54, 1.807) is 51.2 Å². The van der Waals surface area contributed by atoms with Crippen LogP contribution in [0.4, 0.5) is 21.0 Å². The molecular formula is C61H81BrClN7O17S. The number of amides is 7. The molecule has 7 N–H and O–H groups in total. The molecule has 3 fully saturated rings. The monoisotopic (exact) mass is 1330 g/mol. The van der Waals surface area contributed by atoms with Crippen LogP contribution in [0.2, 0.25) is 5.02 Å². The lowest BCUT2D eigenvalue weighted by molar-refractivity contribution is -0.198. The Hall–Kier alpha value is -6.39. The summed E-state index contributed by atoms with van der Waals surface area (Å²) >= 11 is 16.0. The standard InChI is InChI=1S/C61H81BrClN7O17S/c1-34(2)40(30-49(88)65-20-22-83-24-23-82-21-18-53(75)87-70-50(72)16-17-51(70)73)57(77)67-43(12-10-19-66-58(64)78)45(71)29-38-14-15-42(41(62)27-38)68-59(79)85-48-31-52(74)69(7)44-28-39(26-36(4)55(44)63)25-35(3)11-9-13-47(81-8)61(80)32-46(84-54(76)33-61)37(5)56-60(48,6)86-56/h9,11,13-15,26-28,34,37,40,43,46-48,56,80H,10,12,16-25,29-33H2,1-8H3,(H,65,88)(H,67,77)(H,68,79)(H3,64,66,78)/b13-9+,35-11+/t37-,40+,43+,46+,47-,48+,56+,60+,61-/m1/s1. The third kappa shape index (κ3) is 19.8. The SMILES string of the molecule is CO[C@@H]1/C=C/C=C(\C)Cc2cc(C)c(Cl)c(c2)N(C)C(=O)C[C@H](OC(=O)Nc2ccc(CC(=O)[C@H](CCCNC(N)=O)NC(=O)[C@@H](CC(=S)NCCOCCOCCC(=O)ON3C(=O)CCC3=O)C(C)C)cc2Br)[C@]2(C)O[C@H]2[C@H](C)[C@@H]2C[C@@]1(O)CC(=O)O2. The third-order valence-electron chi connectivity index (χ3n) is 15.9. The molecule has 0 aliphatic carbocycles. The number of imide groups is 1. The number of aryl methyl sites for hydroxylation is 1. The Bertz CT molecular complexity index is 2990. The maximum absolute atomic E-state index is 14.4. The lowest BCUT2D eigenvalue weighted by Crippen LogP contribution is -2.53. The van der Waals surface area contributed by atoms with Crippen molar-refractivity contribution < 1.29 is 81.5 Å². The number of ether oxygens (including phenoxy) is 6. The molecule has 4 bridgehead atoms. The first-order chi connectivity index (χ1) is 41.6. The van der Waals surface area contributed by atoms with E-state index in [2.05, 4.69) is 37.2 Å². The molecule has 4 aliphatic rings. The van der Waals surface area contributed by atoms with Crippen LogP contribution < -0.4 is 31.9 Å². The topological polar surface area (TPSA) is 322 Å². The molecule has 0 aromatic heterocycles. The summed E-state index contributed by atoms with van der Waals surface area (Å²) in [7, 11) is 3.05. The average Bonchev–Trinajstić information content (AvgIpc) is 1.58. The minimum Gasteiger partial charge on any atom is -0.462 e. The van der Waals surface area contributed by atoms with Crippen molar-refractivity contribution in [3.63, 3.8) is 0 Å². The molecular weight excluding hydrogens is 1250 g/mol. The van der Waals surface area contributed by atoms with Crippen molar-refractivity contribution in [2.45, 2.75) is 154 Å². The largest absolute Gasteiger partial charge is 0.462 e. The number of carbonyl (C=O) groups is 9. The number of Topliss-reactive ketones (excluding diaryl/α,β-unsaturated/α-hetero) is 1. The zero-order valence-electron chi connectivity index (χ0n) is 50.9. The van der Waals surface area contributed by atoms with Crippen LogP contribution >= 0.6 is 39.7 Å². The fourth-order valence-electron chi connectivity index (χ4n) is 10.8. The summed E-state index contributed by atoms with van der Waals surface area (Å²) in [6.07, 6.45) is 0.934. The van der Waals surface area contributed by atoms with Crippen LogP contribution in [0.3, 0.4) is 0 Å². The summed E-state index contributed by atoms with van der Waals surface area (Å²) in [5.41, 5.74) is 6.16. The van der Waals surface area contributed by atoms with Gasteiger partial charge in [-0.3, -0.25) is 34.1 Å². The number of carbonyl (C=O) groups excluding carboxylic acids is 9. The van der Waals surface area contributed by atoms with Crippen LogP contribution in [0, 0.1) is 24.7 Å². The number of nitrogens with two attached hydrogens (primary N) is 1. The smallest absolute Gasteiger partial charge is 0.412 e. The number of fused-ring (bicyclic) bond motifs is 5. The van der Waals surface area contributed by atoms with Gasteiger partial charge in [-0.1, -0.05) is 80.5 Å². The number of thiocarbonyl (C=S) groups is 1. The number of benzene rings is 2. The fourth-order valence-corrected chi connectivity index (χ4v) is 11.9. The van der Waals surface area contributed by atoms with Crippen LogP contribution in [0.25, 0.3) is 0 Å². The first-order valence-corrected chi connectivity index (χ1v) is 30.8. The molecule has 4 heterocycles. The highest BCUT2D eigenvalue weighted by atomic mass is 79.9. The Morgan fingerprint density at radius 1 is 0.977 bits per heavy atom. The lowest BCUT2D eigenvalue weighted by Gasteiger charge is -2.41. The molecule has 9 atom stereocenters. The van der Waals surface area contributed by atoms with Crippen molar-refractivity contribution in [3.8, 4) is 0 Å². The highest BCUT2D eigenvalue weighted by molar-refractivity contribution is 9.10. The second kappa shape index (κ2) is 32.4. The molecule has 88 heavy (non-hydrogen) atoms. The van der Waals surface area contributed by atoms with Gasteiger partial charge in [0.15, 0.2) is 5.78 Å². The Morgan fingerprint density at radius 3 is 2.35 bits per heavy atom. The van der Waals surface area contributed by atoms with Crippen LogP contribution in [0.15, 0.2) is 58.6 Å². The second-order valence-corrected chi connectivity index (χ2v) is 24.8. The fraction of sp³-hybridized carbons (Fsp3) is 0.574. The number of nitrogens with one attached hydrogen (secondary N) is 4. The molecule has 24 nitrogen and oxygen atoms in total. The van der Waals surface area contributed by atoms with Crippen molar-refractivity contribution in [1.82, 2.24) is 21.0 Å². The highest BCUT2D eigenvalue weighted by Gasteiger charge is 2.64. The number of nitrogens with zero attached hydrogens (tertiary/aromatic N) is 2. The number of halogens is 2. The number of methoxy groups -OCH3 is 1. The first-order valence-electron chi connectivity index (χ1n) is 29.3. The van der Waals surface area contributed by atoms with Gasteiger partial charge in [0.05, 0.1) is 79.2 Å². The van der Waals surface area contributed by atoms with E-state index in [0.717, 1.165) is 16.7 Å². The molecule has 0 radical (unpaired) electrons. The number of urea groups is 1. The van der Waals surface area contributed by atoms with Crippen LogP contribution in [0.5, 0.6) is 0 Å². The van der Waals surface area contributed by atoms with Gasteiger partial charge in [0.2, 0.25) is 11.8 Å². The Kier molecular flexibility index (Phi) is 26.0. The average molecular weight is 1330 g/mol. The van der Waals surface area contributed by atoms with Gasteiger partial charge in [0, 0.05) is 75.7 Å². The Balaban J connectivity index is 1.08. The van der Waals surface area contributed by atoms with E-state index in [9.17, 15) is 48.3 Å². The predicted molar refractivity (Wildman–Crippen MR) is 331 cm³/mol. The molecule has 6 rings (SSSR count). The molecule has 3 saturated heterocycles. The number of rotatable bonds is 25. The summed E-state index contributed by atoms with van der Waals surface area (Å²) in [6, 6.07) is 6.88. The van der Waals surface area contributed by atoms with Gasteiger partial charge in [-0.25, -0.2) is 14.4 Å². The molecule has 2 aromatic carbocycles. The van der Waals surface area contributed by atoms with E-state index >= 15 is 0 Å². The predicted octanol–water partition coefficient (Wildman–Crippen LogP) is 6.34. The highest BCUT2D eigenvalue weighted by Crippen LogP contribution is 2.50. The summed E-state index contributed by atoms with van der Waals surface area (Å²) in [6.45, 7) is 12.1. The summed E-state index contributed by atoms with van der Waals surface area (Å²) < 4.78 is 35.4. The van der Waals surface area contributed by atoms with Crippen molar-refractivity contribution in [1.29, 1.82) is 0 Å². The van der Waals surface area contributed by atoms with E-state index in [1.165, 1.54) is 12.0 Å². The molecule has 2 aromatic rings. The summed E-state index contributed by atoms with van der Waals surface area (Å²) in [5.74, 6) is -5.11. The van der Waals surface area contributed by atoms with Gasteiger partial charge in [-0.05, 0) is 96.8 Å². The maximum atomic E-state index is 14.4. The van der Waals surface area contributed by atoms with Gasteiger partial charge >= 0.3 is 24.1 Å². The minimum absolute atomic E-state index is 0.00189. The zero-order valence-corrected chi connectivity index (χ0v) is 54.0. The molecule has 27 heteroatoms. The number of anilines is 2. The third-order valence-corrected chi connectivity index (χ3v) is 17.4. The first kappa shape index (κ1) is 70.7. The maximum Gasteiger partial charge on any atom is 0.412 e. The van der Waals surface area contributed by atoms with E-state index in [1.807, 2.05) is 45.9 Å². The van der Waals surface area contributed by atoms with Gasteiger partial charge in [-0.15, -0.1) is 5.06 Å². The quantitative estimate of drug-likeness (QED) is 0.0208. The molecule has 0 saturated carbocycles. The molecule has 0 unspecified atom stereocenters. The number of epoxide rings is 1. The van der Waals surface area contributed by atoms with Gasteiger partial charge in [-0.2, -0.15) is 0 Å². The van der Waals surface area contributed by atoms with Gasteiger partial charge in [0.25, 0.3) is 11.8 Å². The summed E-state index contributed by atoms with van der Waals surface area (Å²) in [5, 5.41) is 24.1. The van der Waals surface area contributed by atoms with Crippen molar-refractivity contribution >= 4 is 110 Å². The molecule has 4 aliphatic heterocycles. The van der Waals surface area contributed by atoms with Crippen LogP contribution in [0.1, 0.15) is 109 Å². The van der Waals surface area contributed by atoms with Crippen LogP contribution in [-0.4, -0.2) is 164 Å². The van der Waals surface area contributed by atoms with Gasteiger partial charge < -0.3 is 64.9 Å². The number of allylic oxidation sites excluding steroid dienone is 3. The Labute approximate surface area is 531 Å². The molecule has 482 valence electrons. The van der Waals surface area contributed by atoms with Crippen molar-refractivity contribution in [3.05, 3.63) is 80.3 Å². The number of hydrogen-bond donors (Lipinski definition) is 6. The van der Waals surface area contributed by atoms with E-state index in [0.29, 0.717) is 50.2 Å². The van der Waals surface area contributed by atoms with E-state index < -0.39 is 101 Å². The number of hydroxylamine groups is 2. The minimum atomic E-state index is -1.63. The summed E-state index contributed by atoms with van der Waals surface area (Å²) in [4.78, 5) is 123. The number of esters is 1. The number of primary amides is 1. The lowest BCUT2D eigenvalue weighted by atomic mass is 9.78. The van der Waals surface area contributed by atoms with Crippen LogP contribution in [-0.2, 0) is 79.7 Å². The second-order valence-electron chi connectivity index (χ2n) is 23.1. The normalized spacial score (nSPS) is 24.7. The zero-order chi connectivity index (χ0) is 64.6. The number of ketones is 1. The molecule has 0 spiro atoms. The van der Waals surface area contributed by atoms with E-state index in [4.69, 9.17) is 62.8 Å². The molecule has 7 amide bonds. The van der Waals surface area contributed by atoms with E-state index in [-0.39, 0.29) is 108 Å². The number of aliphatic hydroxyl groups is 1.